The zero-order valence-corrected chi connectivity index (χ0v) is 20.9. The predicted octanol–water partition coefficient (Wildman–Crippen LogP) is 9.11. The predicted molar refractivity (Wildman–Crippen MR) is 134 cm³/mol. The summed E-state index contributed by atoms with van der Waals surface area (Å²) in [6.07, 6.45) is 33.2. The Morgan fingerprint density at radius 1 is 0.400 bits per heavy atom. The Bertz CT molecular complexity index is 292. The Morgan fingerprint density at radius 3 is 0.967 bits per heavy atom. The first-order chi connectivity index (χ1) is 14.8. The van der Waals surface area contributed by atoms with Gasteiger partial charge in [0.05, 0.1) is 6.10 Å². The smallest absolute Gasteiger partial charge is 0.0540 e. The maximum atomic E-state index is 9.85. The summed E-state index contributed by atoms with van der Waals surface area (Å²) < 4.78 is 0. The summed E-state index contributed by atoms with van der Waals surface area (Å²) in [6.45, 7) is 2.55. The minimum atomic E-state index is -0.142. The molecule has 2 heteroatoms. The Hall–Kier alpha value is -0.0800. The van der Waals surface area contributed by atoms with Crippen molar-refractivity contribution in [1.82, 2.24) is 0 Å². The van der Waals surface area contributed by atoms with Gasteiger partial charge in [-0.3, -0.25) is 0 Å². The Labute approximate surface area is 190 Å². The maximum absolute atomic E-state index is 9.85. The van der Waals surface area contributed by atoms with Crippen molar-refractivity contribution in [3.05, 3.63) is 0 Å². The highest BCUT2D eigenvalue weighted by Crippen LogP contribution is 2.16. The average molecular weight is 427 g/mol. The molecule has 0 aromatic heterocycles. The van der Waals surface area contributed by atoms with E-state index in [1.54, 1.807) is 0 Å². The molecule has 0 aromatic rings. The molecular formula is C28H58O2. The summed E-state index contributed by atoms with van der Waals surface area (Å²) >= 11 is 0. The minimum Gasteiger partial charge on any atom is -0.396 e. The summed E-state index contributed by atoms with van der Waals surface area (Å²) in [7, 11) is 0. The van der Waals surface area contributed by atoms with Crippen LogP contribution in [0.25, 0.3) is 0 Å². The summed E-state index contributed by atoms with van der Waals surface area (Å²) in [6, 6.07) is 0. The molecule has 0 aliphatic rings. The fourth-order valence-electron chi connectivity index (χ4n) is 4.45. The van der Waals surface area contributed by atoms with Crippen molar-refractivity contribution in [3.8, 4) is 0 Å². The Morgan fingerprint density at radius 2 is 0.667 bits per heavy atom. The molecule has 2 nitrogen and oxygen atoms in total. The standard InChI is InChI=1S/C28H58O2/c1-2-3-4-5-6-7-8-9-10-11-12-13-14-15-16-17-18-19-20-21-22-25-28(30)26-23-24-27-29/h28-30H,2-27H2,1H3/t28-/m0/s1. The Balaban J connectivity index is 3.05. The fraction of sp³-hybridized carbons (Fsp3) is 1.00. The molecule has 0 saturated heterocycles. The zero-order valence-electron chi connectivity index (χ0n) is 20.9. The van der Waals surface area contributed by atoms with Gasteiger partial charge in [0.15, 0.2) is 0 Å². The van der Waals surface area contributed by atoms with E-state index in [0.717, 1.165) is 25.7 Å². The molecule has 0 aromatic carbocycles. The second-order valence-corrected chi connectivity index (χ2v) is 9.73. The van der Waals surface area contributed by atoms with Crippen LogP contribution >= 0.6 is 0 Å². The molecule has 0 saturated carbocycles. The van der Waals surface area contributed by atoms with Crippen molar-refractivity contribution >= 4 is 0 Å². The van der Waals surface area contributed by atoms with Crippen molar-refractivity contribution in [3.63, 3.8) is 0 Å². The number of aliphatic hydroxyl groups excluding tert-OH is 2. The van der Waals surface area contributed by atoms with Crippen LogP contribution < -0.4 is 0 Å². The van der Waals surface area contributed by atoms with Crippen LogP contribution in [0, 0.1) is 0 Å². The molecule has 30 heavy (non-hydrogen) atoms. The van der Waals surface area contributed by atoms with E-state index in [-0.39, 0.29) is 12.7 Å². The molecular weight excluding hydrogens is 368 g/mol. The summed E-state index contributed by atoms with van der Waals surface area (Å²) in [5.74, 6) is 0. The third kappa shape index (κ3) is 26.0. The van der Waals surface area contributed by atoms with Crippen LogP contribution in [0.2, 0.25) is 0 Å². The topological polar surface area (TPSA) is 40.5 Å². The van der Waals surface area contributed by atoms with E-state index in [1.807, 2.05) is 0 Å². The monoisotopic (exact) mass is 426 g/mol. The highest BCUT2D eigenvalue weighted by Gasteiger charge is 2.03. The number of rotatable bonds is 26. The van der Waals surface area contributed by atoms with E-state index in [0.29, 0.717) is 0 Å². The molecule has 0 aliphatic heterocycles. The lowest BCUT2D eigenvalue weighted by molar-refractivity contribution is 0.144. The zero-order chi connectivity index (χ0) is 22.0. The van der Waals surface area contributed by atoms with Crippen molar-refractivity contribution in [2.24, 2.45) is 0 Å². The number of unbranched alkanes of at least 4 members (excludes halogenated alkanes) is 21. The maximum Gasteiger partial charge on any atom is 0.0540 e. The molecule has 0 bridgehead atoms. The molecule has 0 aliphatic carbocycles. The second-order valence-electron chi connectivity index (χ2n) is 9.73. The van der Waals surface area contributed by atoms with Crippen molar-refractivity contribution < 1.29 is 10.2 Å². The molecule has 0 radical (unpaired) electrons. The first-order valence-electron chi connectivity index (χ1n) is 14.1. The molecule has 2 N–H and O–H groups in total. The summed E-state index contributed by atoms with van der Waals surface area (Å²) in [4.78, 5) is 0. The van der Waals surface area contributed by atoms with E-state index in [9.17, 15) is 5.11 Å². The largest absolute Gasteiger partial charge is 0.396 e. The van der Waals surface area contributed by atoms with Crippen molar-refractivity contribution in [2.75, 3.05) is 6.61 Å². The van der Waals surface area contributed by atoms with Gasteiger partial charge in [0.25, 0.3) is 0 Å². The quantitative estimate of drug-likeness (QED) is 0.135. The van der Waals surface area contributed by atoms with Crippen molar-refractivity contribution in [2.45, 2.75) is 174 Å². The molecule has 0 rings (SSSR count). The van der Waals surface area contributed by atoms with E-state index in [1.165, 1.54) is 135 Å². The third-order valence-corrected chi connectivity index (χ3v) is 6.59. The minimum absolute atomic E-state index is 0.142. The molecule has 0 fully saturated rings. The van der Waals surface area contributed by atoms with Gasteiger partial charge in [-0.2, -0.15) is 0 Å². The highest BCUT2D eigenvalue weighted by molar-refractivity contribution is 4.57. The highest BCUT2D eigenvalue weighted by atomic mass is 16.3. The lowest BCUT2D eigenvalue weighted by Gasteiger charge is -2.09. The van der Waals surface area contributed by atoms with Gasteiger partial charge in [0.1, 0.15) is 0 Å². The SMILES string of the molecule is CCCCCCCCCCCCCCCCCCCCCCC[C@H](O)CCCCO. The van der Waals surface area contributed by atoms with Crippen LogP contribution in [0.4, 0.5) is 0 Å². The molecule has 1 atom stereocenters. The average Bonchev–Trinajstić information content (AvgIpc) is 2.75. The number of aliphatic hydroxyl groups is 2. The number of hydrogen-bond donors (Lipinski definition) is 2. The van der Waals surface area contributed by atoms with Crippen LogP contribution in [0.1, 0.15) is 167 Å². The van der Waals surface area contributed by atoms with Gasteiger partial charge in [-0.1, -0.05) is 142 Å². The van der Waals surface area contributed by atoms with Crippen LogP contribution in [0.3, 0.4) is 0 Å². The van der Waals surface area contributed by atoms with Crippen LogP contribution in [-0.4, -0.2) is 22.9 Å². The van der Waals surface area contributed by atoms with Gasteiger partial charge in [-0.15, -0.1) is 0 Å². The molecule has 0 amide bonds. The van der Waals surface area contributed by atoms with E-state index in [4.69, 9.17) is 5.11 Å². The van der Waals surface area contributed by atoms with Gasteiger partial charge < -0.3 is 10.2 Å². The number of hydrogen-bond acceptors (Lipinski definition) is 2. The summed E-state index contributed by atoms with van der Waals surface area (Å²) in [5.41, 5.74) is 0. The van der Waals surface area contributed by atoms with Crippen LogP contribution in [-0.2, 0) is 0 Å². The van der Waals surface area contributed by atoms with Gasteiger partial charge in [-0.25, -0.2) is 0 Å². The lowest BCUT2D eigenvalue weighted by atomic mass is 10.0. The molecule has 0 unspecified atom stereocenters. The molecule has 0 heterocycles. The normalized spacial score (nSPS) is 12.5. The van der Waals surface area contributed by atoms with Crippen molar-refractivity contribution in [1.29, 1.82) is 0 Å². The van der Waals surface area contributed by atoms with E-state index >= 15 is 0 Å². The third-order valence-electron chi connectivity index (χ3n) is 6.59. The molecule has 0 spiro atoms. The van der Waals surface area contributed by atoms with E-state index in [2.05, 4.69) is 6.92 Å². The van der Waals surface area contributed by atoms with Gasteiger partial charge in [0.2, 0.25) is 0 Å². The lowest BCUT2D eigenvalue weighted by Crippen LogP contribution is -2.06. The fourth-order valence-corrected chi connectivity index (χ4v) is 4.45. The second kappa shape index (κ2) is 27.0. The van der Waals surface area contributed by atoms with Gasteiger partial charge in [-0.05, 0) is 25.7 Å². The first-order valence-corrected chi connectivity index (χ1v) is 14.1. The Kier molecular flexibility index (Phi) is 26.9. The summed E-state index contributed by atoms with van der Waals surface area (Å²) in [5, 5.41) is 18.6. The van der Waals surface area contributed by atoms with Gasteiger partial charge in [0, 0.05) is 6.61 Å². The van der Waals surface area contributed by atoms with Gasteiger partial charge >= 0.3 is 0 Å². The van der Waals surface area contributed by atoms with Crippen LogP contribution in [0.5, 0.6) is 0 Å². The first kappa shape index (κ1) is 29.9. The van der Waals surface area contributed by atoms with E-state index < -0.39 is 0 Å². The van der Waals surface area contributed by atoms with Crippen LogP contribution in [0.15, 0.2) is 0 Å². The molecule has 182 valence electrons.